The van der Waals surface area contributed by atoms with Gasteiger partial charge in [0.2, 0.25) is 0 Å². The number of hydrogen-bond acceptors (Lipinski definition) is 4. The predicted molar refractivity (Wildman–Crippen MR) is 52.8 cm³/mol. The van der Waals surface area contributed by atoms with Gasteiger partial charge in [0.1, 0.15) is 9.84 Å². The van der Waals surface area contributed by atoms with Gasteiger partial charge in [0.05, 0.1) is 5.25 Å². The second-order valence-corrected chi connectivity index (χ2v) is 6.22. The van der Waals surface area contributed by atoms with Crippen LogP contribution in [0.25, 0.3) is 0 Å². The van der Waals surface area contributed by atoms with Crippen LogP contribution in [0.1, 0.15) is 25.7 Å². The molecule has 0 aliphatic heterocycles. The Kier molecular flexibility index (Phi) is 3.70. The summed E-state index contributed by atoms with van der Waals surface area (Å²) in [7, 11) is -2.85. The van der Waals surface area contributed by atoms with Crippen molar-refractivity contribution in [3.63, 3.8) is 0 Å². The monoisotopic (exact) mass is 206 g/mol. The smallest absolute Gasteiger partial charge is 0.150 e. The summed E-state index contributed by atoms with van der Waals surface area (Å²) in [6.45, 7) is 0.728. The van der Waals surface area contributed by atoms with Gasteiger partial charge in [0.15, 0.2) is 0 Å². The van der Waals surface area contributed by atoms with Crippen molar-refractivity contribution in [2.75, 3.05) is 12.8 Å². The number of hydrazine groups is 1. The fraction of sp³-hybridized carbons (Fsp3) is 1.00. The Balaban J connectivity index is 2.52. The Morgan fingerprint density at radius 3 is 2.69 bits per heavy atom. The summed E-state index contributed by atoms with van der Waals surface area (Å²) >= 11 is 0. The molecule has 0 amide bonds. The van der Waals surface area contributed by atoms with E-state index in [2.05, 4.69) is 5.43 Å². The maximum Gasteiger partial charge on any atom is 0.150 e. The lowest BCUT2D eigenvalue weighted by Crippen LogP contribution is -2.35. The molecule has 78 valence electrons. The molecule has 0 heterocycles. The van der Waals surface area contributed by atoms with Crippen LogP contribution in [0.3, 0.4) is 0 Å². The summed E-state index contributed by atoms with van der Waals surface area (Å²) in [5.74, 6) is 5.64. The van der Waals surface area contributed by atoms with Crippen molar-refractivity contribution in [3.8, 4) is 0 Å². The molecule has 3 N–H and O–H groups in total. The first-order chi connectivity index (χ1) is 6.04. The van der Waals surface area contributed by atoms with Crippen LogP contribution in [-0.4, -0.2) is 26.5 Å². The predicted octanol–water partition coefficient (Wildman–Crippen LogP) is 0.0531. The Morgan fingerprint density at radius 2 is 2.15 bits per heavy atom. The van der Waals surface area contributed by atoms with E-state index in [1.807, 2.05) is 0 Å². The SMILES string of the molecule is CS(=O)(=O)C1CCCC(CNN)C1. The molecule has 4 nitrogen and oxygen atoms in total. The molecular formula is C8H18N2O2S. The number of nitrogens with one attached hydrogen (secondary N) is 1. The number of nitrogens with two attached hydrogens (primary N) is 1. The molecule has 0 radical (unpaired) electrons. The van der Waals surface area contributed by atoms with Crippen LogP contribution in [0, 0.1) is 5.92 Å². The molecular weight excluding hydrogens is 188 g/mol. The van der Waals surface area contributed by atoms with Gasteiger partial charge in [0.25, 0.3) is 0 Å². The quantitative estimate of drug-likeness (QED) is 0.505. The van der Waals surface area contributed by atoms with Crippen LogP contribution < -0.4 is 11.3 Å². The first kappa shape index (κ1) is 10.9. The van der Waals surface area contributed by atoms with Crippen LogP contribution in [-0.2, 0) is 9.84 Å². The van der Waals surface area contributed by atoms with Gasteiger partial charge in [-0.25, -0.2) is 8.42 Å². The minimum absolute atomic E-state index is 0.139. The lowest BCUT2D eigenvalue weighted by molar-refractivity contribution is 0.344. The van der Waals surface area contributed by atoms with Crippen molar-refractivity contribution in [2.24, 2.45) is 11.8 Å². The molecule has 0 spiro atoms. The molecule has 1 rings (SSSR count). The van der Waals surface area contributed by atoms with Crippen LogP contribution in [0.5, 0.6) is 0 Å². The average Bonchev–Trinajstić information content (AvgIpc) is 2.04. The first-order valence-corrected chi connectivity index (χ1v) is 6.62. The van der Waals surface area contributed by atoms with Crippen molar-refractivity contribution < 1.29 is 8.42 Å². The molecule has 13 heavy (non-hydrogen) atoms. The molecule has 2 unspecified atom stereocenters. The van der Waals surface area contributed by atoms with E-state index in [4.69, 9.17) is 5.84 Å². The number of rotatable bonds is 3. The molecule has 1 aliphatic rings. The van der Waals surface area contributed by atoms with Crippen LogP contribution in [0.15, 0.2) is 0 Å². The minimum Gasteiger partial charge on any atom is -0.271 e. The van der Waals surface area contributed by atoms with E-state index in [1.54, 1.807) is 0 Å². The third-order valence-corrected chi connectivity index (χ3v) is 4.39. The zero-order valence-corrected chi connectivity index (χ0v) is 8.81. The van der Waals surface area contributed by atoms with Gasteiger partial charge in [-0.1, -0.05) is 6.42 Å². The Hall–Kier alpha value is -0.130. The maximum atomic E-state index is 11.3. The standard InChI is InChI=1S/C8H18N2O2S/c1-13(11,12)8-4-2-3-7(5-8)6-10-9/h7-8,10H,2-6,9H2,1H3. The highest BCUT2D eigenvalue weighted by molar-refractivity contribution is 7.91. The van der Waals surface area contributed by atoms with Gasteiger partial charge in [-0.05, 0) is 25.2 Å². The number of sulfone groups is 1. The highest BCUT2D eigenvalue weighted by Crippen LogP contribution is 2.27. The minimum atomic E-state index is -2.85. The van der Waals surface area contributed by atoms with E-state index in [1.165, 1.54) is 6.26 Å². The van der Waals surface area contributed by atoms with Crippen LogP contribution >= 0.6 is 0 Å². The topological polar surface area (TPSA) is 72.2 Å². The van der Waals surface area contributed by atoms with Gasteiger partial charge in [0, 0.05) is 12.8 Å². The van der Waals surface area contributed by atoms with Gasteiger partial charge in [-0.15, -0.1) is 0 Å². The van der Waals surface area contributed by atoms with Crippen molar-refractivity contribution in [1.29, 1.82) is 0 Å². The van der Waals surface area contributed by atoms with E-state index < -0.39 is 9.84 Å². The van der Waals surface area contributed by atoms with E-state index in [0.29, 0.717) is 5.92 Å². The molecule has 1 aliphatic carbocycles. The summed E-state index contributed by atoms with van der Waals surface area (Å²) in [5, 5.41) is -0.139. The normalized spacial score (nSPS) is 30.3. The third kappa shape index (κ3) is 3.25. The molecule has 0 saturated heterocycles. The van der Waals surface area contributed by atoms with Crippen LogP contribution in [0.4, 0.5) is 0 Å². The van der Waals surface area contributed by atoms with Crippen molar-refractivity contribution in [3.05, 3.63) is 0 Å². The van der Waals surface area contributed by atoms with Crippen molar-refractivity contribution in [2.45, 2.75) is 30.9 Å². The molecule has 2 atom stereocenters. The summed E-state index contributed by atoms with van der Waals surface area (Å²) in [5.41, 5.74) is 2.61. The molecule has 1 fully saturated rings. The highest BCUT2D eigenvalue weighted by Gasteiger charge is 2.28. The van der Waals surface area contributed by atoms with E-state index in [9.17, 15) is 8.42 Å². The lowest BCUT2D eigenvalue weighted by atomic mass is 9.89. The van der Waals surface area contributed by atoms with Gasteiger partial charge < -0.3 is 0 Å². The first-order valence-electron chi connectivity index (χ1n) is 4.66. The van der Waals surface area contributed by atoms with Crippen molar-refractivity contribution >= 4 is 9.84 Å². The summed E-state index contributed by atoms with van der Waals surface area (Å²) < 4.78 is 22.6. The summed E-state index contributed by atoms with van der Waals surface area (Å²) in [4.78, 5) is 0. The Morgan fingerprint density at radius 1 is 1.46 bits per heavy atom. The summed E-state index contributed by atoms with van der Waals surface area (Å²) in [6.07, 6.45) is 5.01. The van der Waals surface area contributed by atoms with E-state index >= 15 is 0 Å². The molecule has 0 aromatic heterocycles. The highest BCUT2D eigenvalue weighted by atomic mass is 32.2. The van der Waals surface area contributed by atoms with Gasteiger partial charge in [-0.3, -0.25) is 11.3 Å². The maximum absolute atomic E-state index is 11.3. The zero-order valence-electron chi connectivity index (χ0n) is 7.99. The molecule has 0 aromatic carbocycles. The average molecular weight is 206 g/mol. The number of hydrogen-bond donors (Lipinski definition) is 2. The summed E-state index contributed by atoms with van der Waals surface area (Å²) in [6, 6.07) is 0. The third-order valence-electron chi connectivity index (χ3n) is 2.75. The Bertz CT molecular complexity index is 249. The second-order valence-electron chi connectivity index (χ2n) is 3.89. The molecule has 1 saturated carbocycles. The lowest BCUT2D eigenvalue weighted by Gasteiger charge is -2.27. The zero-order chi connectivity index (χ0) is 9.90. The second kappa shape index (κ2) is 4.39. The van der Waals surface area contributed by atoms with Crippen molar-refractivity contribution in [1.82, 2.24) is 5.43 Å². The fourth-order valence-electron chi connectivity index (χ4n) is 1.98. The Labute approximate surface area is 79.8 Å². The van der Waals surface area contributed by atoms with E-state index in [0.717, 1.165) is 32.2 Å². The molecule has 5 heteroatoms. The van der Waals surface area contributed by atoms with Crippen LogP contribution in [0.2, 0.25) is 0 Å². The van der Waals surface area contributed by atoms with Gasteiger partial charge in [-0.2, -0.15) is 0 Å². The van der Waals surface area contributed by atoms with Gasteiger partial charge >= 0.3 is 0 Å². The largest absolute Gasteiger partial charge is 0.271 e. The van der Waals surface area contributed by atoms with E-state index in [-0.39, 0.29) is 5.25 Å². The fourth-order valence-corrected chi connectivity index (χ4v) is 3.20. The molecule has 0 bridgehead atoms. The molecule has 0 aromatic rings.